The van der Waals surface area contributed by atoms with Crippen molar-refractivity contribution in [3.8, 4) is 5.75 Å². The number of aryl methyl sites for hydroxylation is 1. The lowest BCUT2D eigenvalue weighted by Crippen LogP contribution is -1.94. The number of aromatic nitrogens is 2. The largest absolute Gasteiger partial charge is 0.494 e. The third-order valence-corrected chi connectivity index (χ3v) is 2.54. The van der Waals surface area contributed by atoms with E-state index in [2.05, 4.69) is 9.97 Å². The second kappa shape index (κ2) is 3.62. The van der Waals surface area contributed by atoms with Gasteiger partial charge in [-0.1, -0.05) is 11.6 Å². The summed E-state index contributed by atoms with van der Waals surface area (Å²) in [4.78, 5) is 7.94. The van der Waals surface area contributed by atoms with Crippen LogP contribution in [0.3, 0.4) is 0 Å². The molecular weight excluding hydrogens is 219 g/mol. The van der Waals surface area contributed by atoms with Gasteiger partial charge in [-0.25, -0.2) is 14.4 Å². The van der Waals surface area contributed by atoms with Gasteiger partial charge in [-0.2, -0.15) is 0 Å². The molecule has 0 aliphatic carbocycles. The molecule has 0 aliphatic heterocycles. The Morgan fingerprint density at radius 1 is 1.40 bits per heavy atom. The Labute approximate surface area is 90.9 Å². The molecule has 3 nitrogen and oxygen atoms in total. The van der Waals surface area contributed by atoms with Gasteiger partial charge in [-0.15, -0.1) is 0 Å². The zero-order chi connectivity index (χ0) is 11.0. The predicted octanol–water partition coefficient (Wildman–Crippen LogP) is 2.74. The lowest BCUT2D eigenvalue weighted by atomic mass is 10.2. The van der Waals surface area contributed by atoms with Crippen molar-refractivity contribution in [3.63, 3.8) is 0 Å². The lowest BCUT2D eigenvalue weighted by Gasteiger charge is -2.07. The molecule has 0 saturated heterocycles. The smallest absolute Gasteiger partial charge is 0.185 e. The molecule has 0 fully saturated rings. The number of halogens is 2. The van der Waals surface area contributed by atoms with Crippen LogP contribution in [0.15, 0.2) is 12.4 Å². The van der Waals surface area contributed by atoms with Gasteiger partial charge in [0.2, 0.25) is 0 Å². The molecule has 2 aromatic rings. The maximum absolute atomic E-state index is 13.5. The molecule has 1 aromatic heterocycles. The van der Waals surface area contributed by atoms with Gasteiger partial charge >= 0.3 is 0 Å². The van der Waals surface area contributed by atoms with Gasteiger partial charge < -0.3 is 4.74 Å². The molecular formula is C10H8ClFN2O. The molecule has 0 unspecified atom stereocenters. The number of hydrogen-bond acceptors (Lipinski definition) is 3. The van der Waals surface area contributed by atoms with E-state index < -0.39 is 5.82 Å². The predicted molar refractivity (Wildman–Crippen MR) is 55.8 cm³/mol. The molecule has 0 spiro atoms. The molecule has 0 amide bonds. The van der Waals surface area contributed by atoms with Crippen LogP contribution in [0.5, 0.6) is 5.75 Å². The molecule has 0 N–H and O–H groups in total. The summed E-state index contributed by atoms with van der Waals surface area (Å²) in [5.41, 5.74) is 1.14. The molecule has 0 atom stereocenters. The van der Waals surface area contributed by atoms with Gasteiger partial charge in [-0.3, -0.25) is 0 Å². The van der Waals surface area contributed by atoms with Crippen molar-refractivity contribution >= 4 is 22.5 Å². The van der Waals surface area contributed by atoms with Crippen molar-refractivity contribution in [2.75, 3.05) is 7.11 Å². The molecule has 5 heteroatoms. The van der Waals surface area contributed by atoms with E-state index in [0.717, 1.165) is 5.69 Å². The Kier molecular flexibility index (Phi) is 2.44. The molecule has 1 heterocycles. The van der Waals surface area contributed by atoms with E-state index in [9.17, 15) is 4.39 Å². The van der Waals surface area contributed by atoms with Crippen LogP contribution in [0.25, 0.3) is 10.9 Å². The average Bonchev–Trinajstić information content (AvgIpc) is 2.24. The van der Waals surface area contributed by atoms with Gasteiger partial charge in [0.1, 0.15) is 11.3 Å². The van der Waals surface area contributed by atoms with Crippen LogP contribution in [0, 0.1) is 12.7 Å². The molecule has 15 heavy (non-hydrogen) atoms. The maximum Gasteiger partial charge on any atom is 0.185 e. The Morgan fingerprint density at radius 3 is 2.80 bits per heavy atom. The van der Waals surface area contributed by atoms with E-state index in [4.69, 9.17) is 16.3 Å². The van der Waals surface area contributed by atoms with E-state index in [1.165, 1.54) is 13.4 Å². The van der Waals surface area contributed by atoms with Gasteiger partial charge in [0.05, 0.1) is 12.6 Å². The molecule has 0 aliphatic rings. The Bertz CT molecular complexity index is 530. The first-order valence-electron chi connectivity index (χ1n) is 4.28. The fourth-order valence-corrected chi connectivity index (χ4v) is 1.63. The highest BCUT2D eigenvalue weighted by molar-refractivity contribution is 6.35. The molecule has 78 valence electrons. The first-order chi connectivity index (χ1) is 7.15. The Hall–Kier alpha value is -1.42. The van der Waals surface area contributed by atoms with E-state index >= 15 is 0 Å². The monoisotopic (exact) mass is 226 g/mol. The van der Waals surface area contributed by atoms with Crippen molar-refractivity contribution in [1.82, 2.24) is 9.97 Å². The first kappa shape index (κ1) is 10.1. The van der Waals surface area contributed by atoms with E-state index in [1.807, 2.05) is 0 Å². The van der Waals surface area contributed by atoms with Crippen molar-refractivity contribution < 1.29 is 9.13 Å². The van der Waals surface area contributed by atoms with Gasteiger partial charge in [0, 0.05) is 11.1 Å². The summed E-state index contributed by atoms with van der Waals surface area (Å²) >= 11 is 5.84. The van der Waals surface area contributed by atoms with Gasteiger partial charge in [0.15, 0.2) is 11.6 Å². The van der Waals surface area contributed by atoms with Crippen LogP contribution in [-0.4, -0.2) is 17.1 Å². The minimum Gasteiger partial charge on any atom is -0.494 e. The van der Waals surface area contributed by atoms with Crippen molar-refractivity contribution in [1.29, 1.82) is 0 Å². The summed E-state index contributed by atoms with van der Waals surface area (Å²) in [6.45, 7) is 1.80. The van der Waals surface area contributed by atoms with Crippen LogP contribution in [0.2, 0.25) is 5.02 Å². The highest BCUT2D eigenvalue weighted by Gasteiger charge is 2.14. The summed E-state index contributed by atoms with van der Waals surface area (Å²) in [6.07, 6.45) is 1.36. The normalized spacial score (nSPS) is 10.7. The van der Waals surface area contributed by atoms with E-state index in [1.54, 1.807) is 13.0 Å². The third kappa shape index (κ3) is 1.51. The number of ether oxygens (including phenoxy) is 1. The fraction of sp³-hybridized carbons (Fsp3) is 0.200. The second-order valence-electron chi connectivity index (χ2n) is 3.06. The summed E-state index contributed by atoms with van der Waals surface area (Å²) < 4.78 is 18.4. The van der Waals surface area contributed by atoms with Crippen molar-refractivity contribution in [2.24, 2.45) is 0 Å². The Balaban J connectivity index is 2.91. The number of rotatable bonds is 1. The summed E-state index contributed by atoms with van der Waals surface area (Å²) in [5, 5.41) is 0.663. The quantitative estimate of drug-likeness (QED) is 0.750. The van der Waals surface area contributed by atoms with Crippen LogP contribution in [0.1, 0.15) is 5.69 Å². The second-order valence-corrected chi connectivity index (χ2v) is 3.44. The van der Waals surface area contributed by atoms with Gasteiger partial charge in [-0.05, 0) is 13.0 Å². The summed E-state index contributed by atoms with van der Waals surface area (Å²) in [5.74, 6) is -0.491. The van der Waals surface area contributed by atoms with E-state index in [-0.39, 0.29) is 10.8 Å². The number of fused-ring (bicyclic) bond motifs is 1. The van der Waals surface area contributed by atoms with Crippen molar-refractivity contribution in [3.05, 3.63) is 28.9 Å². The fourth-order valence-electron chi connectivity index (χ4n) is 1.39. The molecule has 0 bridgehead atoms. The highest BCUT2D eigenvalue weighted by Crippen LogP contribution is 2.32. The van der Waals surface area contributed by atoms with Crippen LogP contribution >= 0.6 is 11.6 Å². The first-order valence-corrected chi connectivity index (χ1v) is 4.66. The van der Waals surface area contributed by atoms with E-state index in [0.29, 0.717) is 10.9 Å². The SMILES string of the molecule is COc1cc2c(C)ncnc2c(Cl)c1F. The molecule has 0 radical (unpaired) electrons. The highest BCUT2D eigenvalue weighted by atomic mass is 35.5. The van der Waals surface area contributed by atoms with Gasteiger partial charge in [0.25, 0.3) is 0 Å². The van der Waals surface area contributed by atoms with Crippen molar-refractivity contribution in [2.45, 2.75) is 6.92 Å². The topological polar surface area (TPSA) is 35.0 Å². The number of methoxy groups -OCH3 is 1. The molecule has 2 rings (SSSR count). The molecule has 1 aromatic carbocycles. The summed E-state index contributed by atoms with van der Waals surface area (Å²) in [6, 6.07) is 1.55. The zero-order valence-electron chi connectivity index (χ0n) is 8.21. The Morgan fingerprint density at radius 2 is 2.13 bits per heavy atom. The number of benzene rings is 1. The third-order valence-electron chi connectivity index (χ3n) is 2.20. The number of hydrogen-bond donors (Lipinski definition) is 0. The van der Waals surface area contributed by atoms with Crippen LogP contribution in [0.4, 0.5) is 4.39 Å². The lowest BCUT2D eigenvalue weighted by molar-refractivity contribution is 0.387. The maximum atomic E-state index is 13.5. The average molecular weight is 227 g/mol. The minimum absolute atomic E-state index is 0.0325. The summed E-state index contributed by atoms with van der Waals surface area (Å²) in [7, 11) is 1.39. The minimum atomic E-state index is -0.593. The standard InChI is InChI=1S/C10H8ClFN2O/c1-5-6-3-7(15-2)9(12)8(11)10(6)14-4-13-5/h3-4H,1-2H3. The molecule has 0 saturated carbocycles. The van der Waals surface area contributed by atoms with Crippen LogP contribution < -0.4 is 4.74 Å². The number of nitrogens with zero attached hydrogens (tertiary/aromatic N) is 2. The van der Waals surface area contributed by atoms with Crippen LogP contribution in [-0.2, 0) is 0 Å². The zero-order valence-corrected chi connectivity index (χ0v) is 8.97.